The number of hydrogen-bond acceptors (Lipinski definition) is 1. The third kappa shape index (κ3) is 2.27. The predicted octanol–water partition coefficient (Wildman–Crippen LogP) is 5.20. The number of anilines is 1. The lowest BCUT2D eigenvalue weighted by molar-refractivity contribution is 0.666. The normalized spacial score (nSPS) is 18.0. The van der Waals surface area contributed by atoms with E-state index in [1.807, 2.05) is 12.1 Å². The van der Waals surface area contributed by atoms with E-state index in [2.05, 4.69) is 51.6 Å². The van der Waals surface area contributed by atoms with E-state index in [9.17, 15) is 0 Å². The van der Waals surface area contributed by atoms with Crippen LogP contribution in [0.25, 0.3) is 0 Å². The molecule has 1 aliphatic rings. The van der Waals surface area contributed by atoms with Gasteiger partial charge < -0.3 is 5.32 Å². The third-order valence-electron chi connectivity index (χ3n) is 3.40. The lowest BCUT2D eigenvalue weighted by Crippen LogP contribution is -2.18. The first kappa shape index (κ1) is 12.1. The molecule has 3 heteroatoms. The molecule has 1 unspecified atom stereocenters. The second kappa shape index (κ2) is 4.94. The minimum Gasteiger partial charge on any atom is -0.378 e. The zero-order chi connectivity index (χ0) is 12.5. The van der Waals surface area contributed by atoms with Crippen LogP contribution in [0.1, 0.15) is 23.6 Å². The van der Waals surface area contributed by atoms with Crippen molar-refractivity contribution in [1.29, 1.82) is 0 Å². The highest BCUT2D eigenvalue weighted by atomic mass is 79.9. The molecule has 0 aromatic heterocycles. The van der Waals surface area contributed by atoms with E-state index in [-0.39, 0.29) is 0 Å². The summed E-state index contributed by atoms with van der Waals surface area (Å²) in [5.41, 5.74) is 3.91. The summed E-state index contributed by atoms with van der Waals surface area (Å²) in [6.07, 6.45) is 2.20. The molecule has 1 nitrogen and oxygen atoms in total. The zero-order valence-corrected chi connectivity index (χ0v) is 12.1. The van der Waals surface area contributed by atoms with Crippen molar-refractivity contribution < 1.29 is 0 Å². The van der Waals surface area contributed by atoms with Gasteiger partial charge in [-0.25, -0.2) is 0 Å². The Morgan fingerprint density at radius 1 is 1.11 bits per heavy atom. The molecule has 0 bridgehead atoms. The van der Waals surface area contributed by atoms with Crippen LogP contribution in [0, 0.1) is 0 Å². The molecule has 0 aliphatic carbocycles. The highest BCUT2D eigenvalue weighted by Gasteiger charge is 2.20. The van der Waals surface area contributed by atoms with Gasteiger partial charge in [-0.2, -0.15) is 0 Å². The Labute approximate surface area is 120 Å². The minimum absolute atomic E-state index is 0.379. The molecule has 0 saturated heterocycles. The van der Waals surface area contributed by atoms with Gasteiger partial charge in [0.05, 0.1) is 6.04 Å². The topological polar surface area (TPSA) is 12.0 Å². The SMILES string of the molecule is Clc1ccc(C2CCc3c(Br)cccc3N2)cc1. The summed E-state index contributed by atoms with van der Waals surface area (Å²) in [7, 11) is 0. The van der Waals surface area contributed by atoms with Crippen molar-refractivity contribution in [2.45, 2.75) is 18.9 Å². The van der Waals surface area contributed by atoms with Crippen LogP contribution in [0.3, 0.4) is 0 Å². The third-order valence-corrected chi connectivity index (χ3v) is 4.40. The monoisotopic (exact) mass is 321 g/mol. The van der Waals surface area contributed by atoms with Gasteiger partial charge in [-0.15, -0.1) is 0 Å². The molecule has 1 N–H and O–H groups in total. The summed E-state index contributed by atoms with van der Waals surface area (Å²) in [4.78, 5) is 0. The number of nitrogens with one attached hydrogen (secondary N) is 1. The maximum Gasteiger partial charge on any atom is 0.0517 e. The molecule has 0 saturated carbocycles. The molecule has 2 aromatic carbocycles. The minimum atomic E-state index is 0.379. The summed E-state index contributed by atoms with van der Waals surface area (Å²) in [6.45, 7) is 0. The summed E-state index contributed by atoms with van der Waals surface area (Å²) in [6, 6.07) is 14.8. The van der Waals surface area contributed by atoms with Crippen LogP contribution in [0.4, 0.5) is 5.69 Å². The molecular weight excluding hydrogens is 310 g/mol. The first-order valence-corrected chi connectivity index (χ1v) is 7.20. The Morgan fingerprint density at radius 3 is 2.67 bits per heavy atom. The maximum atomic E-state index is 5.93. The fourth-order valence-electron chi connectivity index (χ4n) is 2.44. The molecule has 0 radical (unpaired) electrons. The van der Waals surface area contributed by atoms with E-state index in [0.717, 1.165) is 17.9 Å². The van der Waals surface area contributed by atoms with Crippen LogP contribution >= 0.6 is 27.5 Å². The van der Waals surface area contributed by atoms with Crippen molar-refractivity contribution in [3.63, 3.8) is 0 Å². The fraction of sp³-hybridized carbons (Fsp3) is 0.200. The van der Waals surface area contributed by atoms with Crippen molar-refractivity contribution in [2.75, 3.05) is 5.32 Å². The number of hydrogen-bond donors (Lipinski definition) is 1. The highest BCUT2D eigenvalue weighted by molar-refractivity contribution is 9.10. The van der Waals surface area contributed by atoms with Gasteiger partial charge in [0.1, 0.15) is 0 Å². The van der Waals surface area contributed by atoms with Gasteiger partial charge in [-0.05, 0) is 48.2 Å². The van der Waals surface area contributed by atoms with Crippen molar-refractivity contribution in [2.24, 2.45) is 0 Å². The smallest absolute Gasteiger partial charge is 0.0517 e. The Hall–Kier alpha value is -0.990. The van der Waals surface area contributed by atoms with E-state index in [4.69, 9.17) is 11.6 Å². The zero-order valence-electron chi connectivity index (χ0n) is 9.79. The standard InChI is InChI=1S/C15H13BrClN/c16-13-2-1-3-15-12(13)8-9-14(18-15)10-4-6-11(17)7-5-10/h1-7,14,18H,8-9H2. The van der Waals surface area contributed by atoms with E-state index < -0.39 is 0 Å². The van der Waals surface area contributed by atoms with E-state index >= 15 is 0 Å². The molecule has 1 atom stereocenters. The van der Waals surface area contributed by atoms with Gasteiger partial charge in [0.2, 0.25) is 0 Å². The van der Waals surface area contributed by atoms with Crippen LogP contribution < -0.4 is 5.32 Å². The van der Waals surface area contributed by atoms with Crippen molar-refractivity contribution in [1.82, 2.24) is 0 Å². The van der Waals surface area contributed by atoms with E-state index in [1.165, 1.54) is 21.3 Å². The Bertz CT molecular complexity index is 565. The van der Waals surface area contributed by atoms with Gasteiger partial charge in [0.25, 0.3) is 0 Å². The maximum absolute atomic E-state index is 5.93. The number of fused-ring (bicyclic) bond motifs is 1. The quantitative estimate of drug-likeness (QED) is 0.760. The van der Waals surface area contributed by atoms with Crippen LogP contribution in [0.2, 0.25) is 5.02 Å². The van der Waals surface area contributed by atoms with Crippen LogP contribution in [0.5, 0.6) is 0 Å². The summed E-state index contributed by atoms with van der Waals surface area (Å²) < 4.78 is 1.20. The second-order valence-electron chi connectivity index (χ2n) is 4.55. The highest BCUT2D eigenvalue weighted by Crippen LogP contribution is 2.36. The molecule has 3 rings (SSSR count). The second-order valence-corrected chi connectivity index (χ2v) is 5.84. The summed E-state index contributed by atoms with van der Waals surface area (Å²) in [5, 5.41) is 4.39. The molecular formula is C15H13BrClN. The Morgan fingerprint density at radius 2 is 1.89 bits per heavy atom. The lowest BCUT2D eigenvalue weighted by Gasteiger charge is -2.28. The van der Waals surface area contributed by atoms with Crippen LogP contribution in [-0.2, 0) is 6.42 Å². The van der Waals surface area contributed by atoms with Gasteiger partial charge in [-0.1, -0.05) is 45.7 Å². The fourth-order valence-corrected chi connectivity index (χ4v) is 3.13. The molecule has 18 heavy (non-hydrogen) atoms. The largest absolute Gasteiger partial charge is 0.378 e. The average Bonchev–Trinajstić information content (AvgIpc) is 2.39. The Balaban J connectivity index is 1.89. The molecule has 0 spiro atoms. The van der Waals surface area contributed by atoms with Gasteiger partial charge >= 0.3 is 0 Å². The number of rotatable bonds is 1. The van der Waals surface area contributed by atoms with Gasteiger partial charge in [0.15, 0.2) is 0 Å². The van der Waals surface area contributed by atoms with Crippen molar-refractivity contribution >= 4 is 33.2 Å². The van der Waals surface area contributed by atoms with Gasteiger partial charge in [0, 0.05) is 15.2 Å². The average molecular weight is 323 g/mol. The van der Waals surface area contributed by atoms with Crippen molar-refractivity contribution in [3.05, 3.63) is 63.1 Å². The number of halogens is 2. The summed E-state index contributed by atoms with van der Waals surface area (Å²) >= 11 is 9.54. The molecule has 1 aliphatic heterocycles. The molecule has 92 valence electrons. The van der Waals surface area contributed by atoms with Crippen LogP contribution in [0.15, 0.2) is 46.9 Å². The number of benzene rings is 2. The molecule has 0 fully saturated rings. The Kier molecular flexibility index (Phi) is 3.31. The first-order valence-electron chi connectivity index (χ1n) is 6.03. The van der Waals surface area contributed by atoms with E-state index in [1.54, 1.807) is 0 Å². The van der Waals surface area contributed by atoms with E-state index in [0.29, 0.717) is 6.04 Å². The molecule has 1 heterocycles. The van der Waals surface area contributed by atoms with Crippen molar-refractivity contribution in [3.8, 4) is 0 Å². The first-order chi connectivity index (χ1) is 8.74. The predicted molar refractivity (Wildman–Crippen MR) is 80.3 cm³/mol. The lowest BCUT2D eigenvalue weighted by atomic mass is 9.93. The molecule has 0 amide bonds. The van der Waals surface area contributed by atoms with Crippen LogP contribution in [-0.4, -0.2) is 0 Å². The molecule has 2 aromatic rings. The van der Waals surface area contributed by atoms with Gasteiger partial charge in [-0.3, -0.25) is 0 Å². The summed E-state index contributed by atoms with van der Waals surface area (Å²) in [5.74, 6) is 0.